The van der Waals surface area contributed by atoms with Gasteiger partial charge in [0.2, 0.25) is 0 Å². The molecule has 0 spiro atoms. The lowest BCUT2D eigenvalue weighted by Crippen LogP contribution is -2.49. The Morgan fingerprint density at radius 2 is 1.82 bits per heavy atom. The number of methoxy groups -OCH3 is 1. The van der Waals surface area contributed by atoms with Crippen molar-refractivity contribution in [3.63, 3.8) is 0 Å². The first-order valence-electron chi connectivity index (χ1n) is 11.8. The molecule has 0 fully saturated rings. The summed E-state index contributed by atoms with van der Waals surface area (Å²) in [6, 6.07) is 11.2. The number of esters is 2. The van der Waals surface area contributed by atoms with Crippen LogP contribution in [-0.2, 0) is 30.0 Å². The van der Waals surface area contributed by atoms with Crippen LogP contribution in [0, 0.1) is 11.3 Å². The van der Waals surface area contributed by atoms with Gasteiger partial charge in [0.1, 0.15) is 17.9 Å². The molecule has 2 aromatic rings. The van der Waals surface area contributed by atoms with E-state index < -0.39 is 41.6 Å². The minimum Gasteiger partial charge on any atom is -0.463 e. The molecule has 7 nitrogen and oxygen atoms in total. The average molecular weight is 597 g/mol. The predicted octanol–water partition coefficient (Wildman–Crippen LogP) is 6.08. The Balaban J connectivity index is 2.28. The van der Waals surface area contributed by atoms with Gasteiger partial charge in [-0.05, 0) is 56.7 Å². The number of carbonyl (C=O) groups is 2. The summed E-state index contributed by atoms with van der Waals surface area (Å²) in [4.78, 5) is 28.1. The highest BCUT2D eigenvalue weighted by Crippen LogP contribution is 2.44. The Morgan fingerprint density at radius 3 is 2.39 bits per heavy atom. The van der Waals surface area contributed by atoms with Gasteiger partial charge < -0.3 is 19.1 Å². The van der Waals surface area contributed by atoms with E-state index in [9.17, 15) is 22.8 Å². The van der Waals surface area contributed by atoms with Gasteiger partial charge in [-0.25, -0.2) is 4.79 Å². The van der Waals surface area contributed by atoms with Gasteiger partial charge in [-0.1, -0.05) is 34.1 Å². The van der Waals surface area contributed by atoms with Gasteiger partial charge >= 0.3 is 18.1 Å². The Bertz CT molecular complexity index is 1230. The van der Waals surface area contributed by atoms with E-state index >= 15 is 0 Å². The molecule has 1 heterocycles. The largest absolute Gasteiger partial charge is 0.463 e. The van der Waals surface area contributed by atoms with Crippen LogP contribution in [0.4, 0.5) is 18.9 Å². The van der Waals surface area contributed by atoms with Crippen LogP contribution >= 0.6 is 15.9 Å². The number of ether oxygens (including phenoxy) is 3. The molecule has 3 unspecified atom stereocenters. The number of anilines is 1. The van der Waals surface area contributed by atoms with E-state index in [1.54, 1.807) is 38.1 Å². The highest BCUT2D eigenvalue weighted by Gasteiger charge is 2.48. The van der Waals surface area contributed by atoms with Crippen molar-refractivity contribution < 1.29 is 37.0 Å². The molecule has 0 bridgehead atoms. The maximum atomic E-state index is 13.6. The van der Waals surface area contributed by atoms with Gasteiger partial charge in [0, 0.05) is 28.9 Å². The fraction of sp³-hybridized carbons (Fsp3) is 0.370. The second-order valence-electron chi connectivity index (χ2n) is 8.70. The molecular formula is C27H28BrF3N2O5. The van der Waals surface area contributed by atoms with Gasteiger partial charge in [0.25, 0.3) is 0 Å². The van der Waals surface area contributed by atoms with Gasteiger partial charge in [0.05, 0.1) is 24.4 Å². The lowest BCUT2D eigenvalue weighted by atomic mass is 9.75. The Labute approximate surface area is 227 Å². The molecular weight excluding hydrogens is 569 g/mol. The van der Waals surface area contributed by atoms with E-state index in [2.05, 4.69) is 15.9 Å². The molecule has 1 aliphatic heterocycles. The summed E-state index contributed by atoms with van der Waals surface area (Å²) in [5.41, 5.74) is -0.207. The maximum absolute atomic E-state index is 13.6. The normalized spacial score (nSPS) is 18.8. The predicted molar refractivity (Wildman–Crippen MR) is 139 cm³/mol. The number of allylic oxidation sites excluding steroid dienone is 1. The average Bonchev–Trinajstić information content (AvgIpc) is 2.84. The van der Waals surface area contributed by atoms with Crippen LogP contribution in [0.15, 0.2) is 64.3 Å². The van der Waals surface area contributed by atoms with E-state index in [1.165, 1.54) is 31.1 Å². The molecule has 0 radical (unpaired) electrons. The third-order valence-corrected chi connectivity index (χ3v) is 6.56. The number of nitrogens with one attached hydrogen (secondary N) is 1. The summed E-state index contributed by atoms with van der Waals surface area (Å²) < 4.78 is 57.3. The highest BCUT2D eigenvalue weighted by molar-refractivity contribution is 9.10. The Kier molecular flexibility index (Phi) is 9.37. The van der Waals surface area contributed by atoms with Crippen LogP contribution in [0.5, 0.6) is 0 Å². The molecule has 2 aromatic carbocycles. The van der Waals surface area contributed by atoms with E-state index in [-0.39, 0.29) is 36.0 Å². The van der Waals surface area contributed by atoms with Crippen molar-refractivity contribution in [1.82, 2.24) is 0 Å². The molecule has 0 aromatic heterocycles. The summed E-state index contributed by atoms with van der Waals surface area (Å²) >= 11 is 3.37. The topological polar surface area (TPSA) is 88.9 Å². The van der Waals surface area contributed by atoms with Crippen molar-refractivity contribution in [3.05, 3.63) is 75.4 Å². The third-order valence-electron chi connectivity index (χ3n) is 6.03. The van der Waals surface area contributed by atoms with Crippen LogP contribution < -0.4 is 4.90 Å². The van der Waals surface area contributed by atoms with Gasteiger partial charge in [-0.3, -0.25) is 10.2 Å². The number of benzene rings is 2. The zero-order chi connectivity index (χ0) is 28.2. The van der Waals surface area contributed by atoms with Crippen molar-refractivity contribution in [1.29, 1.82) is 5.41 Å². The van der Waals surface area contributed by atoms with Crippen LogP contribution in [0.3, 0.4) is 0 Å². The number of alkyl halides is 3. The standard InChI is InChI=1S/C27H28BrF3N2O5/c1-5-37-25(34)21-16(3)33(20-8-6-7-18(13-20)27(29,30)31)24(32)23(26(35)38-15(2)14-36-4)22(21)17-9-11-19(28)12-10-17/h6-13,15,22-23,32H,5,14H2,1-4H3. The molecule has 3 atom stereocenters. The number of halogens is 4. The molecule has 1 N–H and O–H groups in total. The van der Waals surface area contributed by atoms with E-state index in [4.69, 9.17) is 19.6 Å². The van der Waals surface area contributed by atoms with Crippen LogP contribution in [0.1, 0.15) is 37.8 Å². The first-order chi connectivity index (χ1) is 17.9. The summed E-state index contributed by atoms with van der Waals surface area (Å²) in [5, 5.41) is 9.05. The van der Waals surface area contributed by atoms with Crippen molar-refractivity contribution in [2.45, 2.75) is 39.0 Å². The minimum absolute atomic E-state index is 0.0267. The van der Waals surface area contributed by atoms with Gasteiger partial charge in [0.15, 0.2) is 0 Å². The second-order valence-corrected chi connectivity index (χ2v) is 9.61. The molecule has 11 heteroatoms. The third kappa shape index (κ3) is 6.27. The zero-order valence-corrected chi connectivity index (χ0v) is 22.9. The van der Waals surface area contributed by atoms with Crippen molar-refractivity contribution in [2.75, 3.05) is 25.2 Å². The lowest BCUT2D eigenvalue weighted by Gasteiger charge is -2.41. The molecule has 0 saturated carbocycles. The molecule has 0 saturated heterocycles. The summed E-state index contributed by atoms with van der Waals surface area (Å²) in [7, 11) is 1.44. The van der Waals surface area contributed by atoms with Crippen molar-refractivity contribution in [2.24, 2.45) is 5.92 Å². The first kappa shape index (κ1) is 29.4. The van der Waals surface area contributed by atoms with E-state index in [0.717, 1.165) is 16.6 Å². The SMILES string of the molecule is CCOC(=O)C1=C(C)N(c2cccc(C(F)(F)F)c2)C(=N)C(C(=O)OC(C)COC)C1c1ccc(Br)cc1. The number of hydrogen-bond donors (Lipinski definition) is 1. The molecule has 1 aliphatic rings. The Morgan fingerprint density at radius 1 is 1.16 bits per heavy atom. The van der Waals surface area contributed by atoms with Crippen LogP contribution in [0.2, 0.25) is 0 Å². The lowest BCUT2D eigenvalue weighted by molar-refractivity contribution is -0.153. The zero-order valence-electron chi connectivity index (χ0n) is 21.3. The van der Waals surface area contributed by atoms with E-state index in [0.29, 0.717) is 5.56 Å². The summed E-state index contributed by atoms with van der Waals surface area (Å²) in [6.07, 6.45) is -5.31. The molecule has 0 aliphatic carbocycles. The monoisotopic (exact) mass is 596 g/mol. The minimum atomic E-state index is -4.64. The number of amidine groups is 1. The fourth-order valence-electron chi connectivity index (χ4n) is 4.44. The van der Waals surface area contributed by atoms with E-state index in [1.807, 2.05) is 0 Å². The second kappa shape index (κ2) is 12.1. The van der Waals surface area contributed by atoms with Crippen molar-refractivity contribution >= 4 is 39.4 Å². The smallest absolute Gasteiger partial charge is 0.416 e. The molecule has 0 amide bonds. The van der Waals surface area contributed by atoms with Gasteiger partial charge in [-0.2, -0.15) is 13.2 Å². The number of hydrogen-bond acceptors (Lipinski definition) is 6. The number of carbonyl (C=O) groups excluding carboxylic acids is 2. The number of nitrogens with zero attached hydrogens (tertiary/aromatic N) is 1. The highest BCUT2D eigenvalue weighted by atomic mass is 79.9. The van der Waals surface area contributed by atoms with Crippen molar-refractivity contribution in [3.8, 4) is 0 Å². The maximum Gasteiger partial charge on any atom is 0.416 e. The summed E-state index contributed by atoms with van der Waals surface area (Å²) in [5.74, 6) is -4.26. The quantitative estimate of drug-likeness (QED) is 0.371. The molecule has 38 heavy (non-hydrogen) atoms. The number of rotatable bonds is 8. The van der Waals surface area contributed by atoms with Gasteiger partial charge in [-0.15, -0.1) is 0 Å². The Hall–Kier alpha value is -3.18. The molecule has 204 valence electrons. The van der Waals surface area contributed by atoms with Crippen LogP contribution in [-0.4, -0.2) is 44.2 Å². The molecule has 3 rings (SSSR count). The fourth-order valence-corrected chi connectivity index (χ4v) is 4.71. The van der Waals surface area contributed by atoms with Crippen LogP contribution in [0.25, 0.3) is 0 Å². The summed E-state index contributed by atoms with van der Waals surface area (Å²) in [6.45, 7) is 4.87. The first-order valence-corrected chi connectivity index (χ1v) is 12.6.